The Kier molecular flexibility index (Phi) is 7.01. The number of aliphatic hydroxyl groups is 1. The maximum atomic E-state index is 13.2. The van der Waals surface area contributed by atoms with Gasteiger partial charge in [-0.1, -0.05) is 12.1 Å². The second-order valence-corrected chi connectivity index (χ2v) is 7.86. The molecule has 1 aliphatic heterocycles. The minimum absolute atomic E-state index is 0.00438. The van der Waals surface area contributed by atoms with Crippen molar-refractivity contribution in [2.75, 3.05) is 20.8 Å². The zero-order chi connectivity index (χ0) is 24.9. The van der Waals surface area contributed by atoms with Gasteiger partial charge in [0.2, 0.25) is 0 Å². The van der Waals surface area contributed by atoms with Gasteiger partial charge in [-0.25, -0.2) is 0 Å². The molecule has 0 spiro atoms. The van der Waals surface area contributed by atoms with Crippen LogP contribution in [-0.4, -0.2) is 47.5 Å². The van der Waals surface area contributed by atoms with Gasteiger partial charge in [0.1, 0.15) is 11.5 Å². The SMILES string of the molecule is CCOc1ccc(/C(O)=C2/C(=O)C(=O)N(Cc3cccnc3)C2c2ccc(OC)c(OC)c2)cc1. The molecule has 2 heterocycles. The van der Waals surface area contributed by atoms with Gasteiger partial charge < -0.3 is 24.2 Å². The van der Waals surface area contributed by atoms with Crippen molar-refractivity contribution in [2.24, 2.45) is 0 Å². The summed E-state index contributed by atoms with van der Waals surface area (Å²) in [5.74, 6) is -0.149. The number of aliphatic hydroxyl groups excluding tert-OH is 1. The molecule has 1 fully saturated rings. The van der Waals surface area contributed by atoms with Crippen LogP contribution < -0.4 is 14.2 Å². The van der Waals surface area contributed by atoms with Crippen molar-refractivity contribution >= 4 is 17.4 Å². The van der Waals surface area contributed by atoms with Gasteiger partial charge in [-0.3, -0.25) is 14.6 Å². The van der Waals surface area contributed by atoms with Crippen molar-refractivity contribution in [1.29, 1.82) is 0 Å². The molecule has 1 atom stereocenters. The van der Waals surface area contributed by atoms with Crippen molar-refractivity contribution in [3.05, 3.63) is 89.3 Å². The topological polar surface area (TPSA) is 98.2 Å². The van der Waals surface area contributed by atoms with Gasteiger partial charge in [0.05, 0.1) is 32.4 Å². The summed E-state index contributed by atoms with van der Waals surface area (Å²) in [7, 11) is 3.03. The van der Waals surface area contributed by atoms with Crippen LogP contribution in [0.15, 0.2) is 72.6 Å². The highest BCUT2D eigenvalue weighted by Gasteiger charge is 2.46. The summed E-state index contributed by atoms with van der Waals surface area (Å²) in [5.41, 5.74) is 1.74. The van der Waals surface area contributed by atoms with E-state index >= 15 is 0 Å². The quantitative estimate of drug-likeness (QED) is 0.298. The van der Waals surface area contributed by atoms with E-state index in [9.17, 15) is 14.7 Å². The Morgan fingerprint density at radius 3 is 2.40 bits per heavy atom. The molecule has 1 aromatic heterocycles. The molecule has 1 saturated heterocycles. The maximum Gasteiger partial charge on any atom is 0.295 e. The molecule has 0 aliphatic carbocycles. The number of ketones is 1. The lowest BCUT2D eigenvalue weighted by atomic mass is 9.94. The van der Waals surface area contributed by atoms with Crippen molar-refractivity contribution in [3.8, 4) is 17.2 Å². The molecule has 1 aliphatic rings. The molecule has 3 aromatic rings. The summed E-state index contributed by atoms with van der Waals surface area (Å²) >= 11 is 0. The van der Waals surface area contributed by atoms with Crippen LogP contribution in [0.5, 0.6) is 17.2 Å². The molecule has 35 heavy (non-hydrogen) atoms. The number of hydrogen-bond donors (Lipinski definition) is 1. The molecule has 2 aromatic carbocycles. The summed E-state index contributed by atoms with van der Waals surface area (Å²) in [5, 5.41) is 11.2. The van der Waals surface area contributed by atoms with E-state index in [1.54, 1.807) is 60.9 Å². The monoisotopic (exact) mass is 474 g/mol. The average Bonchev–Trinajstić information content (AvgIpc) is 3.14. The largest absolute Gasteiger partial charge is 0.507 e. The first-order valence-corrected chi connectivity index (χ1v) is 11.1. The smallest absolute Gasteiger partial charge is 0.295 e. The molecule has 1 N–H and O–H groups in total. The predicted octanol–water partition coefficient (Wildman–Crippen LogP) is 4.12. The van der Waals surface area contributed by atoms with Crippen LogP contribution in [-0.2, 0) is 16.1 Å². The number of Topliss-reactive ketones (excluding diaryl/α,β-unsaturated/α-hetero) is 1. The Balaban J connectivity index is 1.85. The lowest BCUT2D eigenvalue weighted by Crippen LogP contribution is -2.29. The van der Waals surface area contributed by atoms with E-state index in [2.05, 4.69) is 4.98 Å². The van der Waals surface area contributed by atoms with E-state index in [0.29, 0.717) is 35.0 Å². The number of methoxy groups -OCH3 is 2. The van der Waals surface area contributed by atoms with E-state index in [1.807, 2.05) is 13.0 Å². The highest BCUT2D eigenvalue weighted by molar-refractivity contribution is 6.46. The lowest BCUT2D eigenvalue weighted by molar-refractivity contribution is -0.140. The van der Waals surface area contributed by atoms with Gasteiger partial charge in [-0.15, -0.1) is 0 Å². The molecular weight excluding hydrogens is 448 g/mol. The number of ether oxygens (including phenoxy) is 3. The number of nitrogens with zero attached hydrogens (tertiary/aromatic N) is 2. The first kappa shape index (κ1) is 23.8. The van der Waals surface area contributed by atoms with Gasteiger partial charge in [-0.2, -0.15) is 0 Å². The average molecular weight is 475 g/mol. The Bertz CT molecular complexity index is 1250. The third-order valence-electron chi connectivity index (χ3n) is 5.78. The number of amides is 1. The van der Waals surface area contributed by atoms with E-state index in [0.717, 1.165) is 5.56 Å². The molecule has 1 unspecified atom stereocenters. The number of likely N-dealkylation sites (tertiary alicyclic amines) is 1. The van der Waals surface area contributed by atoms with Crippen LogP contribution in [0.25, 0.3) is 5.76 Å². The molecule has 8 nitrogen and oxygen atoms in total. The molecule has 0 bridgehead atoms. The Labute approximate surface area is 203 Å². The highest BCUT2D eigenvalue weighted by Crippen LogP contribution is 2.42. The second kappa shape index (κ2) is 10.3. The van der Waals surface area contributed by atoms with Crippen LogP contribution in [0.4, 0.5) is 0 Å². The standard InChI is InChI=1S/C27H26N2O6/c1-4-35-20-10-7-18(8-11-20)25(30)23-24(19-9-12-21(33-2)22(14-19)34-3)29(27(32)26(23)31)16-17-6-5-13-28-15-17/h5-15,24,30H,4,16H2,1-3H3/b25-23-. The fourth-order valence-corrected chi connectivity index (χ4v) is 4.13. The Morgan fingerprint density at radius 1 is 1.03 bits per heavy atom. The van der Waals surface area contributed by atoms with Crippen molar-refractivity contribution in [1.82, 2.24) is 9.88 Å². The maximum absolute atomic E-state index is 13.2. The summed E-state index contributed by atoms with van der Waals surface area (Å²) in [4.78, 5) is 32.0. The normalized spacial score (nSPS) is 16.9. The first-order valence-electron chi connectivity index (χ1n) is 11.1. The summed E-state index contributed by atoms with van der Waals surface area (Å²) < 4.78 is 16.3. The summed E-state index contributed by atoms with van der Waals surface area (Å²) in [6.45, 7) is 2.52. The Hall–Kier alpha value is -4.33. The van der Waals surface area contributed by atoms with Crippen molar-refractivity contribution < 1.29 is 28.9 Å². The summed E-state index contributed by atoms with van der Waals surface area (Å²) in [6, 6.07) is 14.6. The van der Waals surface area contributed by atoms with Gasteiger partial charge in [0.25, 0.3) is 11.7 Å². The van der Waals surface area contributed by atoms with Gasteiger partial charge in [0, 0.05) is 24.5 Å². The summed E-state index contributed by atoms with van der Waals surface area (Å²) in [6.07, 6.45) is 3.27. The number of hydrogen-bond acceptors (Lipinski definition) is 7. The van der Waals surface area contributed by atoms with Crippen molar-refractivity contribution in [2.45, 2.75) is 19.5 Å². The van der Waals surface area contributed by atoms with Gasteiger partial charge in [0.15, 0.2) is 11.5 Å². The van der Waals surface area contributed by atoms with Crippen LogP contribution in [0, 0.1) is 0 Å². The van der Waals surface area contributed by atoms with E-state index in [-0.39, 0.29) is 17.9 Å². The van der Waals surface area contributed by atoms with Crippen LogP contribution in [0.1, 0.15) is 29.7 Å². The fraction of sp³-hybridized carbons (Fsp3) is 0.222. The third-order valence-corrected chi connectivity index (χ3v) is 5.78. The second-order valence-electron chi connectivity index (χ2n) is 7.86. The fourth-order valence-electron chi connectivity index (χ4n) is 4.13. The molecule has 0 saturated carbocycles. The first-order chi connectivity index (χ1) is 17.0. The number of benzene rings is 2. The van der Waals surface area contributed by atoms with Gasteiger partial charge >= 0.3 is 0 Å². The van der Waals surface area contributed by atoms with Crippen LogP contribution in [0.3, 0.4) is 0 Å². The zero-order valence-electron chi connectivity index (χ0n) is 19.7. The third kappa shape index (κ3) is 4.68. The van der Waals surface area contributed by atoms with Crippen molar-refractivity contribution in [3.63, 3.8) is 0 Å². The number of pyridine rings is 1. The number of rotatable bonds is 8. The molecule has 0 radical (unpaired) electrons. The lowest BCUT2D eigenvalue weighted by Gasteiger charge is -2.26. The minimum atomic E-state index is -0.846. The van der Waals surface area contributed by atoms with E-state index < -0.39 is 17.7 Å². The minimum Gasteiger partial charge on any atom is -0.507 e. The van der Waals surface area contributed by atoms with Gasteiger partial charge in [-0.05, 0) is 60.5 Å². The molecule has 4 rings (SSSR count). The molecule has 180 valence electrons. The molecular formula is C27H26N2O6. The van der Waals surface area contributed by atoms with E-state index in [1.165, 1.54) is 19.1 Å². The number of aromatic nitrogens is 1. The van der Waals surface area contributed by atoms with E-state index in [4.69, 9.17) is 14.2 Å². The molecule has 1 amide bonds. The number of carbonyl (C=O) groups excluding carboxylic acids is 2. The Morgan fingerprint density at radius 2 is 1.77 bits per heavy atom. The van der Waals surface area contributed by atoms with Crippen LogP contribution in [0.2, 0.25) is 0 Å². The van der Waals surface area contributed by atoms with Crippen LogP contribution >= 0.6 is 0 Å². The zero-order valence-corrected chi connectivity index (χ0v) is 19.7. The number of carbonyl (C=O) groups is 2. The molecule has 8 heteroatoms. The highest BCUT2D eigenvalue weighted by atomic mass is 16.5. The predicted molar refractivity (Wildman–Crippen MR) is 129 cm³/mol.